The molecule has 0 saturated carbocycles. The van der Waals surface area contributed by atoms with Crippen LogP contribution < -0.4 is 10.1 Å². The van der Waals surface area contributed by atoms with Gasteiger partial charge in [-0.1, -0.05) is 17.7 Å². The third kappa shape index (κ3) is 2.94. The molecule has 1 N–H and O–H groups in total. The number of halogens is 1. The first-order chi connectivity index (χ1) is 9.54. The third-order valence-electron chi connectivity index (χ3n) is 3.47. The van der Waals surface area contributed by atoms with E-state index in [0.29, 0.717) is 30.2 Å². The molecule has 5 nitrogen and oxygen atoms in total. The average Bonchev–Trinajstić information content (AvgIpc) is 2.45. The Morgan fingerprint density at radius 2 is 2.20 bits per heavy atom. The van der Waals surface area contributed by atoms with E-state index in [1.807, 2.05) is 12.1 Å². The molecule has 2 rings (SSSR count). The van der Waals surface area contributed by atoms with Crippen molar-refractivity contribution in [2.24, 2.45) is 0 Å². The van der Waals surface area contributed by atoms with Crippen LogP contribution in [-0.2, 0) is 16.1 Å². The maximum absolute atomic E-state index is 12.0. The monoisotopic (exact) mass is 296 g/mol. The van der Waals surface area contributed by atoms with Crippen LogP contribution in [0.3, 0.4) is 0 Å². The summed E-state index contributed by atoms with van der Waals surface area (Å²) in [6.45, 7) is 0.418. The molecule has 1 aliphatic heterocycles. The highest BCUT2D eigenvalue weighted by Gasteiger charge is 2.31. The van der Waals surface area contributed by atoms with Gasteiger partial charge in [-0.25, -0.2) is 0 Å². The van der Waals surface area contributed by atoms with Crippen LogP contribution in [-0.4, -0.2) is 36.9 Å². The van der Waals surface area contributed by atoms with E-state index in [4.69, 9.17) is 16.3 Å². The van der Waals surface area contributed by atoms with Crippen molar-refractivity contribution in [3.8, 4) is 5.75 Å². The van der Waals surface area contributed by atoms with Gasteiger partial charge in [0.05, 0.1) is 13.2 Å². The Balaban J connectivity index is 2.06. The van der Waals surface area contributed by atoms with Crippen molar-refractivity contribution in [3.63, 3.8) is 0 Å². The number of hydrogen-bond acceptors (Lipinski definition) is 4. The van der Waals surface area contributed by atoms with E-state index < -0.39 is 0 Å². The Labute approximate surface area is 122 Å². The zero-order valence-corrected chi connectivity index (χ0v) is 12.2. The van der Waals surface area contributed by atoms with Crippen LogP contribution in [0.1, 0.15) is 18.4 Å². The highest BCUT2D eigenvalue weighted by molar-refractivity contribution is 6.31. The number of carbonyl (C=O) groups is 2. The van der Waals surface area contributed by atoms with Crippen LogP contribution in [0.5, 0.6) is 5.75 Å². The number of benzene rings is 1. The highest BCUT2D eigenvalue weighted by atomic mass is 35.5. The summed E-state index contributed by atoms with van der Waals surface area (Å²) < 4.78 is 5.26. The maximum atomic E-state index is 12.0. The van der Waals surface area contributed by atoms with E-state index in [9.17, 15) is 9.59 Å². The fraction of sp³-hybridized carbons (Fsp3) is 0.429. The summed E-state index contributed by atoms with van der Waals surface area (Å²) in [7, 11) is 3.09. The van der Waals surface area contributed by atoms with Crippen LogP contribution in [0.25, 0.3) is 0 Å². The van der Waals surface area contributed by atoms with Crippen molar-refractivity contribution in [3.05, 3.63) is 28.8 Å². The lowest BCUT2D eigenvalue weighted by Gasteiger charge is -2.28. The van der Waals surface area contributed by atoms with Crippen molar-refractivity contribution in [2.75, 3.05) is 14.2 Å². The van der Waals surface area contributed by atoms with Crippen LogP contribution >= 0.6 is 11.6 Å². The fourth-order valence-corrected chi connectivity index (χ4v) is 2.46. The highest BCUT2D eigenvalue weighted by Crippen LogP contribution is 2.26. The normalized spacial score (nSPS) is 19.4. The molecule has 1 atom stereocenters. The van der Waals surface area contributed by atoms with Gasteiger partial charge in [0.15, 0.2) is 0 Å². The number of imide groups is 1. The average molecular weight is 297 g/mol. The molecule has 1 saturated heterocycles. The molecule has 108 valence electrons. The van der Waals surface area contributed by atoms with Gasteiger partial charge in [-0.05, 0) is 18.6 Å². The van der Waals surface area contributed by atoms with Gasteiger partial charge in [-0.2, -0.15) is 0 Å². The van der Waals surface area contributed by atoms with E-state index in [0.717, 1.165) is 5.56 Å². The standard InChI is InChI=1S/C14H17ClN2O3/c1-17-13(18)7-6-11(14(17)19)16-8-9-10(15)4-3-5-12(9)20-2/h3-5,11,16H,6-8H2,1-2H3. The van der Waals surface area contributed by atoms with Crippen molar-refractivity contribution >= 4 is 23.4 Å². The first-order valence-corrected chi connectivity index (χ1v) is 6.77. The van der Waals surface area contributed by atoms with E-state index in [-0.39, 0.29) is 17.9 Å². The SMILES string of the molecule is COc1cccc(Cl)c1CNC1CCC(=O)N(C)C1=O. The molecule has 0 spiro atoms. The molecule has 1 aromatic rings. The number of nitrogens with one attached hydrogen (secondary N) is 1. The predicted molar refractivity (Wildman–Crippen MR) is 75.6 cm³/mol. The lowest BCUT2D eigenvalue weighted by molar-refractivity contribution is -0.148. The molecule has 1 aromatic carbocycles. The Bertz CT molecular complexity index is 533. The van der Waals surface area contributed by atoms with Crippen LogP contribution in [0.2, 0.25) is 5.02 Å². The number of likely N-dealkylation sites (tertiary alicyclic amines) is 1. The van der Waals surface area contributed by atoms with Crippen molar-refractivity contribution in [2.45, 2.75) is 25.4 Å². The Hall–Kier alpha value is -1.59. The second-order valence-electron chi connectivity index (χ2n) is 4.68. The molecule has 1 heterocycles. The second kappa shape index (κ2) is 6.24. The summed E-state index contributed by atoms with van der Waals surface area (Å²) in [4.78, 5) is 24.6. The number of amides is 2. The summed E-state index contributed by atoms with van der Waals surface area (Å²) in [5.74, 6) is 0.341. The van der Waals surface area contributed by atoms with Gasteiger partial charge in [0.1, 0.15) is 5.75 Å². The third-order valence-corrected chi connectivity index (χ3v) is 3.82. The van der Waals surface area contributed by atoms with Crippen molar-refractivity contribution in [1.29, 1.82) is 0 Å². The maximum Gasteiger partial charge on any atom is 0.246 e. The minimum atomic E-state index is -0.362. The quantitative estimate of drug-likeness (QED) is 0.857. The van der Waals surface area contributed by atoms with Gasteiger partial charge < -0.3 is 10.1 Å². The van der Waals surface area contributed by atoms with E-state index >= 15 is 0 Å². The van der Waals surface area contributed by atoms with E-state index in [1.165, 1.54) is 11.9 Å². The molecule has 1 fully saturated rings. The minimum absolute atomic E-state index is 0.136. The molecule has 0 radical (unpaired) electrons. The van der Waals surface area contributed by atoms with Crippen LogP contribution in [0, 0.1) is 0 Å². The number of ether oxygens (including phenoxy) is 1. The number of piperidine rings is 1. The van der Waals surface area contributed by atoms with Gasteiger partial charge >= 0.3 is 0 Å². The Kier molecular flexibility index (Phi) is 4.62. The first-order valence-electron chi connectivity index (χ1n) is 6.39. The van der Waals surface area contributed by atoms with Gasteiger partial charge in [0.2, 0.25) is 11.8 Å². The van der Waals surface area contributed by atoms with Crippen LogP contribution in [0.4, 0.5) is 0 Å². The lowest BCUT2D eigenvalue weighted by Crippen LogP contribution is -2.51. The molecule has 1 aliphatic rings. The molecule has 1 unspecified atom stereocenters. The number of methoxy groups -OCH3 is 1. The first kappa shape index (κ1) is 14.8. The van der Waals surface area contributed by atoms with Crippen molar-refractivity contribution in [1.82, 2.24) is 10.2 Å². The zero-order chi connectivity index (χ0) is 14.7. The van der Waals surface area contributed by atoms with Gasteiger partial charge in [-0.15, -0.1) is 0 Å². The molecular formula is C14H17ClN2O3. The number of carbonyl (C=O) groups excluding carboxylic acids is 2. The molecule has 2 amide bonds. The largest absolute Gasteiger partial charge is 0.496 e. The second-order valence-corrected chi connectivity index (χ2v) is 5.09. The number of nitrogens with zero attached hydrogens (tertiary/aromatic N) is 1. The van der Waals surface area contributed by atoms with E-state index in [2.05, 4.69) is 5.32 Å². The molecule has 20 heavy (non-hydrogen) atoms. The summed E-state index contributed by atoms with van der Waals surface area (Å²) >= 11 is 6.14. The van der Waals surface area contributed by atoms with Gasteiger partial charge in [-0.3, -0.25) is 14.5 Å². The molecule has 0 aliphatic carbocycles. The predicted octanol–water partition coefficient (Wildman–Crippen LogP) is 1.59. The number of hydrogen-bond donors (Lipinski definition) is 1. The Morgan fingerprint density at radius 3 is 2.90 bits per heavy atom. The van der Waals surface area contributed by atoms with Crippen molar-refractivity contribution < 1.29 is 14.3 Å². The fourth-order valence-electron chi connectivity index (χ4n) is 2.23. The molecule has 0 bridgehead atoms. The summed E-state index contributed by atoms with van der Waals surface area (Å²) in [5.41, 5.74) is 0.809. The van der Waals surface area contributed by atoms with Gasteiger partial charge in [0, 0.05) is 30.6 Å². The Morgan fingerprint density at radius 1 is 1.45 bits per heavy atom. The molecule has 6 heteroatoms. The smallest absolute Gasteiger partial charge is 0.246 e. The summed E-state index contributed by atoms with van der Waals surface area (Å²) in [6, 6.07) is 5.04. The lowest BCUT2D eigenvalue weighted by atomic mass is 10.0. The summed E-state index contributed by atoms with van der Waals surface area (Å²) in [5, 5.41) is 3.73. The summed E-state index contributed by atoms with van der Waals surface area (Å²) in [6.07, 6.45) is 0.883. The number of likely N-dealkylation sites (N-methyl/N-ethyl adjacent to an activating group) is 1. The van der Waals surface area contributed by atoms with E-state index in [1.54, 1.807) is 13.2 Å². The molecule has 0 aromatic heterocycles. The minimum Gasteiger partial charge on any atom is -0.496 e. The molecular weight excluding hydrogens is 280 g/mol. The number of rotatable bonds is 4. The zero-order valence-electron chi connectivity index (χ0n) is 11.5. The van der Waals surface area contributed by atoms with Gasteiger partial charge in [0.25, 0.3) is 0 Å². The topological polar surface area (TPSA) is 58.6 Å². The van der Waals surface area contributed by atoms with Crippen LogP contribution in [0.15, 0.2) is 18.2 Å².